The van der Waals surface area contributed by atoms with Crippen molar-refractivity contribution in [2.45, 2.75) is 168 Å². The van der Waals surface area contributed by atoms with Gasteiger partial charge in [-0.05, 0) is 65.7 Å². The minimum atomic E-state index is -5.08. The van der Waals surface area contributed by atoms with Crippen LogP contribution in [-0.2, 0) is 62.0 Å². The van der Waals surface area contributed by atoms with Gasteiger partial charge in [-0.15, -0.1) is 5.60 Å². The Hall–Kier alpha value is -1.61. The Labute approximate surface area is 595 Å². The SMILES string of the molecule is CC(=O)N(C)CCCCC(=O)C(F)(F)F.CC(=O)N(C)CCCN(CCOCC(O)COCCN(CCCN(C)C(=O)C(F)(F)F)C(C)=O)C(=O)C(F)(F)F.CC(C)(C)O.CC(C)(C)[O-].ICCOCC(COCCI)OC1CCCCO1.O=C(O)C(F)(F)F.[K+]. The standard InChI is InChI=1S/C23H38F6N4O7.C12H22I2O4.C9H14F3NO2.C4H10O.C4H9O.C2HF3O2.K/c1-17(34)30(3)7-5-10-33(21(38)23(27,28)29)12-14-40-16-19(36)15-39-13-11-32(18(2)35)9-6-8-31(4)20(37)22(24,25)26;13-4-7-15-9-11(10-16-8-5-14)18-12-3-1-2-6-17-12;1-7(14)13(2)6-4-3-5-8(15)9(10,11)12;2*1-4(2,3)5;3-2(4,5)1(6)7;/h19,36H,5-16H2,1-4H3;11-12H,1-10H2;3-6H2,1-2H3;5H,1-3H3;1-3H3;(H,6,7);/q;;;;-1;;+1. The second-order valence-electron chi connectivity index (χ2n) is 21.5. The van der Waals surface area contributed by atoms with Crippen LogP contribution >= 0.6 is 45.2 Å². The van der Waals surface area contributed by atoms with Gasteiger partial charge in [-0.2, -0.15) is 52.7 Å². The van der Waals surface area contributed by atoms with Gasteiger partial charge in [-0.3, -0.25) is 28.8 Å². The number of amides is 5. The van der Waals surface area contributed by atoms with Gasteiger partial charge in [-0.1, -0.05) is 66.0 Å². The molecule has 22 nitrogen and oxygen atoms in total. The second-order valence-corrected chi connectivity index (χ2v) is 23.6. The van der Waals surface area contributed by atoms with Crippen LogP contribution in [0.2, 0.25) is 0 Å². The van der Waals surface area contributed by atoms with Crippen molar-refractivity contribution in [2.75, 3.05) is 135 Å². The fourth-order valence-electron chi connectivity index (χ4n) is 5.86. The third kappa shape index (κ3) is 69.5. The summed E-state index contributed by atoms with van der Waals surface area (Å²) in [4.78, 5) is 80.8. The number of nitrogens with zero attached hydrogens (tertiary/aromatic N) is 5. The van der Waals surface area contributed by atoms with Crippen LogP contribution in [0.25, 0.3) is 0 Å². The molecule has 91 heavy (non-hydrogen) atoms. The topological polar surface area (TPSA) is 275 Å². The summed E-state index contributed by atoms with van der Waals surface area (Å²) in [6.45, 7) is 16.5. The molecule has 0 radical (unpaired) electrons. The van der Waals surface area contributed by atoms with Gasteiger partial charge < -0.3 is 73.3 Å². The smallest absolute Gasteiger partial charge is 0.850 e. The van der Waals surface area contributed by atoms with Gasteiger partial charge in [0.1, 0.15) is 12.2 Å². The predicted molar refractivity (Wildman–Crippen MR) is 320 cm³/mol. The van der Waals surface area contributed by atoms with Crippen molar-refractivity contribution in [3.63, 3.8) is 0 Å². The Balaban J connectivity index is -0.000000289. The molecule has 0 aromatic carbocycles. The van der Waals surface area contributed by atoms with E-state index in [0.29, 0.717) is 36.0 Å². The number of ether oxygens (including phenoxy) is 6. The number of carbonyl (C=O) groups is 7. The van der Waals surface area contributed by atoms with E-state index >= 15 is 0 Å². The van der Waals surface area contributed by atoms with Crippen molar-refractivity contribution in [2.24, 2.45) is 0 Å². The van der Waals surface area contributed by atoms with E-state index in [9.17, 15) is 91.7 Å². The molecule has 1 heterocycles. The Morgan fingerprint density at radius 1 is 0.549 bits per heavy atom. The Morgan fingerprint density at radius 3 is 1.26 bits per heavy atom. The third-order valence-corrected chi connectivity index (χ3v) is 11.2. The molecule has 1 rings (SSSR count). The summed E-state index contributed by atoms with van der Waals surface area (Å²) in [5.41, 5.74) is -1.25. The normalized spacial score (nSPS) is 13.6. The van der Waals surface area contributed by atoms with Crippen molar-refractivity contribution < 1.29 is 186 Å². The van der Waals surface area contributed by atoms with E-state index in [0.717, 1.165) is 48.6 Å². The van der Waals surface area contributed by atoms with Crippen molar-refractivity contribution >= 4 is 86.5 Å². The number of unbranched alkanes of at least 4 members (excludes halogenated alkanes) is 1. The summed E-state index contributed by atoms with van der Waals surface area (Å²) in [5.74, 6) is -9.27. The quantitative estimate of drug-likeness (QED) is 0.0275. The third-order valence-electron chi connectivity index (χ3n) is 10.4. The molecule has 2 atom stereocenters. The number of hydrogen-bond donors (Lipinski definition) is 3. The zero-order chi connectivity index (χ0) is 71.3. The number of carbonyl (C=O) groups excluding carboxylic acids is 6. The predicted octanol–water partition coefficient (Wildman–Crippen LogP) is 4.03. The van der Waals surface area contributed by atoms with Gasteiger partial charge in [0.2, 0.25) is 23.5 Å². The number of aliphatic hydroxyl groups excluding tert-OH is 1. The Bertz CT molecular complexity index is 1920. The van der Waals surface area contributed by atoms with Crippen LogP contribution in [0, 0.1) is 0 Å². The van der Waals surface area contributed by atoms with E-state index in [1.54, 1.807) is 48.6 Å². The fraction of sp³-hybridized carbons (Fsp3) is 0.870. The Morgan fingerprint density at radius 2 is 0.923 bits per heavy atom. The monoisotopic (exact) mass is 1610 g/mol. The molecule has 37 heteroatoms. The van der Waals surface area contributed by atoms with E-state index in [2.05, 4.69) is 45.2 Å². The molecule has 0 aromatic heterocycles. The van der Waals surface area contributed by atoms with Crippen molar-refractivity contribution in [1.82, 2.24) is 24.5 Å². The Kier molecular flexibility index (Phi) is 60.0. The first-order valence-corrected chi connectivity index (χ1v) is 31.1. The van der Waals surface area contributed by atoms with Gasteiger partial charge in [-0.25, -0.2) is 4.79 Å². The first kappa shape index (κ1) is 100. The average molecular weight is 1610 g/mol. The van der Waals surface area contributed by atoms with Crippen LogP contribution in [0.15, 0.2) is 0 Å². The van der Waals surface area contributed by atoms with Crippen LogP contribution < -0.4 is 56.5 Å². The van der Waals surface area contributed by atoms with Crippen LogP contribution in [-0.4, -0.2) is 271 Å². The number of halogens is 14. The maximum atomic E-state index is 12.9. The summed E-state index contributed by atoms with van der Waals surface area (Å²) in [6.07, 6.45) is -17.6. The molecular weight excluding hydrogens is 1510 g/mol. The molecule has 0 aromatic rings. The van der Waals surface area contributed by atoms with Crippen LogP contribution in [0.4, 0.5) is 52.7 Å². The number of Topliss-reactive ketones (excluding diaryl/α,β-unsaturated/α-hetero) is 1. The molecule has 1 fully saturated rings. The molecule has 1 aliphatic heterocycles. The number of carboxylic acid groups (broad SMARTS) is 1. The summed E-state index contributed by atoms with van der Waals surface area (Å²) in [5, 5.41) is 35.7. The summed E-state index contributed by atoms with van der Waals surface area (Å²) in [7, 11) is 4.04. The van der Waals surface area contributed by atoms with Gasteiger partial charge in [0.25, 0.3) is 0 Å². The maximum absolute atomic E-state index is 12.9. The molecule has 1 saturated heterocycles. The molecule has 2 unspecified atom stereocenters. The van der Waals surface area contributed by atoms with Crippen molar-refractivity contribution in [3.05, 3.63) is 0 Å². The first-order valence-electron chi connectivity index (χ1n) is 28.0. The number of aliphatic hydroxyl groups is 2. The van der Waals surface area contributed by atoms with Gasteiger partial charge in [0.15, 0.2) is 6.29 Å². The molecule has 0 aliphatic carbocycles. The number of aliphatic carboxylic acids is 1. The van der Waals surface area contributed by atoms with E-state index in [4.69, 9.17) is 43.4 Å². The van der Waals surface area contributed by atoms with Crippen molar-refractivity contribution in [3.8, 4) is 0 Å². The van der Waals surface area contributed by atoms with E-state index in [-0.39, 0.29) is 160 Å². The van der Waals surface area contributed by atoms with E-state index in [1.165, 1.54) is 48.9 Å². The van der Waals surface area contributed by atoms with Crippen LogP contribution in [0.5, 0.6) is 0 Å². The summed E-state index contributed by atoms with van der Waals surface area (Å²) < 4.78 is 178. The molecule has 536 valence electrons. The number of rotatable bonds is 33. The van der Waals surface area contributed by atoms with E-state index < -0.39 is 78.5 Å². The molecule has 3 N–H and O–H groups in total. The van der Waals surface area contributed by atoms with Crippen LogP contribution in [0.3, 0.4) is 0 Å². The number of hydrogen-bond acceptors (Lipinski definition) is 16. The zero-order valence-corrected chi connectivity index (χ0v) is 61.6. The maximum Gasteiger partial charge on any atom is 1.00 e. The van der Waals surface area contributed by atoms with Crippen molar-refractivity contribution in [1.29, 1.82) is 0 Å². The summed E-state index contributed by atoms with van der Waals surface area (Å²) >= 11 is 4.60. The largest absolute Gasteiger partial charge is 1.00 e. The number of alkyl halides is 14. The molecule has 0 bridgehead atoms. The minimum absolute atomic E-state index is 0. The van der Waals surface area contributed by atoms with Gasteiger partial charge in [0.05, 0.1) is 58.5 Å². The van der Waals surface area contributed by atoms with Crippen LogP contribution in [0.1, 0.15) is 114 Å². The zero-order valence-electron chi connectivity index (χ0n) is 54.2. The molecule has 5 amide bonds. The molecule has 0 spiro atoms. The van der Waals surface area contributed by atoms with Gasteiger partial charge >= 0.3 is 93.9 Å². The average Bonchev–Trinajstić information content (AvgIpc) is 2.23. The summed E-state index contributed by atoms with van der Waals surface area (Å²) in [6, 6.07) is 0. The minimum Gasteiger partial charge on any atom is -0.850 e. The van der Waals surface area contributed by atoms with Gasteiger partial charge in [0, 0.05) is 110 Å². The number of carboxylic acids is 1. The second kappa shape index (κ2) is 54.4. The first-order chi connectivity index (χ1) is 40.9. The number of ketones is 1. The molecule has 0 saturated carbocycles. The molecular formula is C54H94F12I2KN5O17. The fourth-order valence-corrected chi connectivity index (χ4v) is 6.49. The van der Waals surface area contributed by atoms with E-state index in [1.807, 2.05) is 0 Å². The molecule has 1 aliphatic rings.